The molecule has 3 nitrogen and oxygen atoms in total. The summed E-state index contributed by atoms with van der Waals surface area (Å²) in [7, 11) is 2.52. The predicted octanol–water partition coefficient (Wildman–Crippen LogP) is 2.47. The third-order valence-electron chi connectivity index (χ3n) is 3.04. The van der Waals surface area contributed by atoms with E-state index in [-0.39, 0.29) is 18.4 Å². The molecule has 0 fully saturated rings. The van der Waals surface area contributed by atoms with Crippen LogP contribution in [0.1, 0.15) is 37.7 Å². The van der Waals surface area contributed by atoms with Gasteiger partial charge in [-0.3, -0.25) is 0 Å². The van der Waals surface area contributed by atoms with Crippen molar-refractivity contribution in [2.45, 2.75) is 44.5 Å². The van der Waals surface area contributed by atoms with Crippen molar-refractivity contribution in [2.24, 2.45) is 0 Å². The fourth-order valence-electron chi connectivity index (χ4n) is 1.88. The first-order valence-corrected chi connectivity index (χ1v) is 6.80. The molecule has 0 atom stereocenters. The zero-order chi connectivity index (χ0) is 16.0. The molecule has 0 bridgehead atoms. The van der Waals surface area contributed by atoms with Crippen LogP contribution in [0.25, 0.3) is 0 Å². The van der Waals surface area contributed by atoms with Gasteiger partial charge in [-0.2, -0.15) is 0 Å². The number of aryl methyl sites for hydroxylation is 1. The van der Waals surface area contributed by atoms with Gasteiger partial charge in [0.2, 0.25) is 0 Å². The van der Waals surface area contributed by atoms with Crippen molar-refractivity contribution in [2.75, 3.05) is 0 Å². The van der Waals surface area contributed by atoms with Crippen molar-refractivity contribution in [3.05, 3.63) is 34.9 Å². The highest BCUT2D eigenvalue weighted by Crippen LogP contribution is 2.21. The van der Waals surface area contributed by atoms with Crippen molar-refractivity contribution in [1.29, 1.82) is 0 Å². The molecule has 0 heterocycles. The highest BCUT2D eigenvalue weighted by molar-refractivity contribution is 5.98. The van der Waals surface area contributed by atoms with Crippen LogP contribution in [0.5, 0.6) is 0 Å². The van der Waals surface area contributed by atoms with Gasteiger partial charge in [0.15, 0.2) is 23.3 Å². The largest absolute Gasteiger partial charge is 0.371 e. The molecule has 21 heavy (non-hydrogen) atoms. The standard InChI is InChI=1S/C13H15F4O3Si/c14-9-7-8(10(15)12(17)11(9)16)5-3-1-2-4-6-13(18,19)20-21/h7,18-19H,1-6H2. The van der Waals surface area contributed by atoms with Gasteiger partial charge in [-0.05, 0) is 30.9 Å². The van der Waals surface area contributed by atoms with Gasteiger partial charge in [-0.1, -0.05) is 12.8 Å². The van der Waals surface area contributed by atoms with Crippen molar-refractivity contribution in [1.82, 2.24) is 0 Å². The molecule has 3 radical (unpaired) electrons. The van der Waals surface area contributed by atoms with Crippen LogP contribution in [0.3, 0.4) is 0 Å². The number of rotatable bonds is 8. The van der Waals surface area contributed by atoms with Crippen molar-refractivity contribution >= 4 is 10.5 Å². The van der Waals surface area contributed by atoms with Crippen LogP contribution in [0, 0.1) is 23.3 Å². The van der Waals surface area contributed by atoms with E-state index < -0.39 is 29.2 Å². The molecule has 0 unspecified atom stereocenters. The molecule has 1 aromatic carbocycles. The zero-order valence-electron chi connectivity index (χ0n) is 11.1. The maximum absolute atomic E-state index is 13.4. The Balaban J connectivity index is 2.37. The average Bonchev–Trinajstić information content (AvgIpc) is 2.45. The quantitative estimate of drug-likeness (QED) is 0.193. The van der Waals surface area contributed by atoms with Gasteiger partial charge in [0, 0.05) is 6.42 Å². The van der Waals surface area contributed by atoms with Gasteiger partial charge in [-0.25, -0.2) is 17.6 Å². The maximum atomic E-state index is 13.4. The summed E-state index contributed by atoms with van der Waals surface area (Å²) in [6.45, 7) is 0. The van der Waals surface area contributed by atoms with Crippen LogP contribution in [0.2, 0.25) is 0 Å². The lowest BCUT2D eigenvalue weighted by atomic mass is 10.0. The third kappa shape index (κ3) is 5.38. The minimum absolute atomic E-state index is 0.0231. The Morgan fingerprint density at radius 3 is 2.19 bits per heavy atom. The predicted molar refractivity (Wildman–Crippen MR) is 67.1 cm³/mol. The minimum Gasteiger partial charge on any atom is -0.371 e. The molecule has 8 heteroatoms. The number of hydrogen-bond donors (Lipinski definition) is 2. The van der Waals surface area contributed by atoms with Crippen molar-refractivity contribution in [3.8, 4) is 0 Å². The zero-order valence-corrected chi connectivity index (χ0v) is 12.1. The van der Waals surface area contributed by atoms with Crippen LogP contribution < -0.4 is 0 Å². The van der Waals surface area contributed by atoms with E-state index in [0.717, 1.165) is 0 Å². The average molecular weight is 323 g/mol. The van der Waals surface area contributed by atoms with E-state index in [9.17, 15) is 17.6 Å². The summed E-state index contributed by atoms with van der Waals surface area (Å²) in [5, 5.41) is 18.2. The Morgan fingerprint density at radius 1 is 0.952 bits per heavy atom. The van der Waals surface area contributed by atoms with Gasteiger partial charge in [0.05, 0.1) is 0 Å². The van der Waals surface area contributed by atoms with E-state index in [2.05, 4.69) is 14.9 Å². The summed E-state index contributed by atoms with van der Waals surface area (Å²) in [6.07, 6.45) is 2.08. The van der Waals surface area contributed by atoms with E-state index in [4.69, 9.17) is 10.2 Å². The first-order valence-electron chi connectivity index (χ1n) is 6.40. The summed E-state index contributed by atoms with van der Waals surface area (Å²) in [5.74, 6) is -8.64. The summed E-state index contributed by atoms with van der Waals surface area (Å²) in [4.78, 5) is 0. The molecule has 117 valence electrons. The monoisotopic (exact) mass is 323 g/mol. The lowest BCUT2D eigenvalue weighted by Crippen LogP contribution is -2.30. The Kier molecular flexibility index (Phi) is 6.79. The summed E-state index contributed by atoms with van der Waals surface area (Å²) < 4.78 is 56.3. The number of hydrogen-bond acceptors (Lipinski definition) is 3. The molecule has 0 saturated carbocycles. The van der Waals surface area contributed by atoms with Crippen LogP contribution in [-0.4, -0.2) is 26.7 Å². The Morgan fingerprint density at radius 2 is 1.57 bits per heavy atom. The Hall–Kier alpha value is -0.963. The fourth-order valence-corrected chi connectivity index (χ4v) is 1.98. The summed E-state index contributed by atoms with van der Waals surface area (Å²) in [5.41, 5.74) is -0.214. The number of halogens is 4. The number of benzene rings is 1. The van der Waals surface area contributed by atoms with Gasteiger partial charge in [-0.15, -0.1) is 0 Å². The normalized spacial score (nSPS) is 12.0. The molecule has 0 aliphatic carbocycles. The molecular formula is C13H15F4O3Si. The second kappa shape index (κ2) is 7.88. The van der Waals surface area contributed by atoms with Crippen LogP contribution >= 0.6 is 0 Å². The van der Waals surface area contributed by atoms with Crippen LogP contribution in [0.15, 0.2) is 6.07 Å². The second-order valence-electron chi connectivity index (χ2n) is 4.72. The van der Waals surface area contributed by atoms with Crippen molar-refractivity contribution in [3.63, 3.8) is 0 Å². The topological polar surface area (TPSA) is 49.7 Å². The van der Waals surface area contributed by atoms with Crippen molar-refractivity contribution < 1.29 is 32.2 Å². The summed E-state index contributed by atoms with van der Waals surface area (Å²) in [6, 6.07) is 0.651. The van der Waals surface area contributed by atoms with E-state index in [0.29, 0.717) is 31.7 Å². The fraction of sp³-hybridized carbons (Fsp3) is 0.538. The Labute approximate surface area is 123 Å². The number of unbranched alkanes of at least 4 members (excludes halogenated alkanes) is 3. The molecule has 0 spiro atoms. The van der Waals surface area contributed by atoms with E-state index >= 15 is 0 Å². The van der Waals surface area contributed by atoms with Gasteiger partial charge >= 0.3 is 0 Å². The van der Waals surface area contributed by atoms with Gasteiger partial charge in [0.1, 0.15) is 0 Å². The lowest BCUT2D eigenvalue weighted by molar-refractivity contribution is -0.295. The lowest BCUT2D eigenvalue weighted by Gasteiger charge is -2.19. The van der Waals surface area contributed by atoms with E-state index in [1.54, 1.807) is 0 Å². The highest BCUT2D eigenvalue weighted by Gasteiger charge is 2.20. The van der Waals surface area contributed by atoms with E-state index in [1.807, 2.05) is 0 Å². The minimum atomic E-state index is -2.24. The number of aliphatic hydroxyl groups is 2. The molecule has 0 aliphatic rings. The molecule has 0 saturated heterocycles. The Bertz CT molecular complexity index is 483. The molecule has 0 aliphatic heterocycles. The molecule has 2 N–H and O–H groups in total. The van der Waals surface area contributed by atoms with Crippen LogP contribution in [-0.2, 0) is 10.8 Å². The molecule has 1 aromatic rings. The first kappa shape index (κ1) is 18.1. The highest BCUT2D eigenvalue weighted by atomic mass is 28.2. The first-order chi connectivity index (χ1) is 9.78. The SMILES string of the molecule is OC(O)(CCCCCCc1cc(F)c(F)c(F)c1F)O[Si]. The molecular weight excluding hydrogens is 308 g/mol. The molecule has 1 rings (SSSR count). The third-order valence-corrected chi connectivity index (χ3v) is 3.37. The summed E-state index contributed by atoms with van der Waals surface area (Å²) >= 11 is 0. The smallest absolute Gasteiger partial charge is 0.267 e. The van der Waals surface area contributed by atoms with E-state index in [1.165, 1.54) is 0 Å². The molecule has 0 aromatic heterocycles. The second-order valence-corrected chi connectivity index (χ2v) is 4.92. The maximum Gasteiger partial charge on any atom is 0.267 e. The van der Waals surface area contributed by atoms with Gasteiger partial charge in [0.25, 0.3) is 16.5 Å². The van der Waals surface area contributed by atoms with Crippen LogP contribution in [0.4, 0.5) is 17.6 Å². The molecule has 0 amide bonds. The van der Waals surface area contributed by atoms with Gasteiger partial charge < -0.3 is 14.6 Å².